The Hall–Kier alpha value is -1.87. The van der Waals surface area contributed by atoms with E-state index < -0.39 is 0 Å². The SMILES string of the molecule is Nc1ccc(Cl)cc1OCCCOc1ccccc1. The number of para-hydroxylation sites is 1. The maximum atomic E-state index is 5.88. The predicted molar refractivity (Wildman–Crippen MR) is 77.9 cm³/mol. The summed E-state index contributed by atoms with van der Waals surface area (Å²) in [6, 6.07) is 14.9. The lowest BCUT2D eigenvalue weighted by Gasteiger charge is -2.10. The summed E-state index contributed by atoms with van der Waals surface area (Å²) in [4.78, 5) is 0. The number of rotatable bonds is 6. The van der Waals surface area contributed by atoms with E-state index in [9.17, 15) is 0 Å². The molecule has 0 unspecified atom stereocenters. The van der Waals surface area contributed by atoms with Gasteiger partial charge in [0.05, 0.1) is 18.9 Å². The fraction of sp³-hybridized carbons (Fsp3) is 0.200. The van der Waals surface area contributed by atoms with Gasteiger partial charge < -0.3 is 15.2 Å². The summed E-state index contributed by atoms with van der Waals surface area (Å²) in [6.45, 7) is 1.14. The minimum atomic E-state index is 0.539. The van der Waals surface area contributed by atoms with E-state index in [1.807, 2.05) is 30.3 Å². The van der Waals surface area contributed by atoms with Gasteiger partial charge in [-0.15, -0.1) is 0 Å². The molecule has 2 aromatic carbocycles. The zero-order chi connectivity index (χ0) is 13.5. The van der Waals surface area contributed by atoms with Crippen molar-refractivity contribution in [2.45, 2.75) is 6.42 Å². The zero-order valence-electron chi connectivity index (χ0n) is 10.5. The Morgan fingerprint density at radius 2 is 1.68 bits per heavy atom. The minimum absolute atomic E-state index is 0.539. The van der Waals surface area contributed by atoms with E-state index in [0.717, 1.165) is 12.2 Å². The largest absolute Gasteiger partial charge is 0.493 e. The molecule has 0 aromatic heterocycles. The second kappa shape index (κ2) is 6.90. The lowest BCUT2D eigenvalue weighted by molar-refractivity contribution is 0.248. The normalized spacial score (nSPS) is 10.2. The van der Waals surface area contributed by atoms with Crippen molar-refractivity contribution < 1.29 is 9.47 Å². The van der Waals surface area contributed by atoms with E-state index in [1.165, 1.54) is 0 Å². The van der Waals surface area contributed by atoms with Crippen molar-refractivity contribution in [1.29, 1.82) is 0 Å². The van der Waals surface area contributed by atoms with E-state index >= 15 is 0 Å². The van der Waals surface area contributed by atoms with Crippen molar-refractivity contribution in [3.05, 3.63) is 53.6 Å². The summed E-state index contributed by atoms with van der Waals surface area (Å²) < 4.78 is 11.1. The van der Waals surface area contributed by atoms with Gasteiger partial charge in [-0.25, -0.2) is 0 Å². The first-order valence-electron chi connectivity index (χ1n) is 6.11. The van der Waals surface area contributed by atoms with Gasteiger partial charge in [0.2, 0.25) is 0 Å². The average molecular weight is 278 g/mol. The van der Waals surface area contributed by atoms with Gasteiger partial charge in [-0.1, -0.05) is 29.8 Å². The fourth-order valence-corrected chi connectivity index (χ4v) is 1.74. The molecule has 100 valence electrons. The third-order valence-corrected chi connectivity index (χ3v) is 2.77. The molecule has 19 heavy (non-hydrogen) atoms. The summed E-state index contributed by atoms with van der Waals surface area (Å²) >= 11 is 5.88. The second-order valence-electron chi connectivity index (χ2n) is 4.05. The van der Waals surface area contributed by atoms with E-state index in [4.69, 9.17) is 26.8 Å². The van der Waals surface area contributed by atoms with Crippen LogP contribution in [0, 0.1) is 0 Å². The molecule has 0 aliphatic rings. The highest BCUT2D eigenvalue weighted by Crippen LogP contribution is 2.25. The quantitative estimate of drug-likeness (QED) is 0.646. The van der Waals surface area contributed by atoms with Crippen molar-refractivity contribution in [1.82, 2.24) is 0 Å². The van der Waals surface area contributed by atoms with Crippen molar-refractivity contribution in [3.63, 3.8) is 0 Å². The van der Waals surface area contributed by atoms with Gasteiger partial charge >= 0.3 is 0 Å². The van der Waals surface area contributed by atoms with Gasteiger partial charge in [-0.05, 0) is 24.3 Å². The van der Waals surface area contributed by atoms with Crippen LogP contribution in [0.4, 0.5) is 5.69 Å². The van der Waals surface area contributed by atoms with Crippen LogP contribution < -0.4 is 15.2 Å². The van der Waals surface area contributed by atoms with Crippen molar-refractivity contribution >= 4 is 17.3 Å². The van der Waals surface area contributed by atoms with Crippen LogP contribution in [0.2, 0.25) is 5.02 Å². The molecule has 0 heterocycles. The Balaban J connectivity index is 1.71. The van der Waals surface area contributed by atoms with E-state index in [1.54, 1.807) is 18.2 Å². The van der Waals surface area contributed by atoms with Crippen LogP contribution in [0.1, 0.15) is 6.42 Å². The van der Waals surface area contributed by atoms with Gasteiger partial charge in [0, 0.05) is 17.5 Å². The standard InChI is InChI=1S/C15H16ClNO2/c16-12-7-8-14(17)15(11-12)19-10-4-9-18-13-5-2-1-3-6-13/h1-3,5-8,11H,4,9-10,17H2. The molecule has 0 bridgehead atoms. The van der Waals surface area contributed by atoms with Crippen LogP contribution >= 0.6 is 11.6 Å². The molecule has 0 saturated heterocycles. The fourth-order valence-electron chi connectivity index (χ4n) is 1.58. The molecule has 2 aromatic rings. The Labute approximate surface area is 117 Å². The van der Waals surface area contributed by atoms with Gasteiger partial charge in [0.1, 0.15) is 11.5 Å². The number of nitrogens with two attached hydrogens (primary N) is 1. The van der Waals surface area contributed by atoms with Crippen LogP contribution in [-0.2, 0) is 0 Å². The Morgan fingerprint density at radius 3 is 2.47 bits per heavy atom. The lowest BCUT2D eigenvalue weighted by atomic mass is 10.3. The Bertz CT molecular complexity index is 517. The van der Waals surface area contributed by atoms with Crippen LogP contribution in [-0.4, -0.2) is 13.2 Å². The third-order valence-electron chi connectivity index (χ3n) is 2.53. The number of ether oxygens (including phenoxy) is 2. The molecule has 0 fully saturated rings. The third kappa shape index (κ3) is 4.38. The second-order valence-corrected chi connectivity index (χ2v) is 4.48. The van der Waals surface area contributed by atoms with Gasteiger partial charge in [-0.3, -0.25) is 0 Å². The Morgan fingerprint density at radius 1 is 0.947 bits per heavy atom. The van der Waals surface area contributed by atoms with E-state index in [2.05, 4.69) is 0 Å². The number of hydrogen-bond donors (Lipinski definition) is 1. The topological polar surface area (TPSA) is 44.5 Å². The first-order valence-corrected chi connectivity index (χ1v) is 6.49. The minimum Gasteiger partial charge on any atom is -0.493 e. The van der Waals surface area contributed by atoms with Gasteiger partial charge in [0.25, 0.3) is 0 Å². The molecule has 0 spiro atoms. The number of nitrogen functional groups attached to an aromatic ring is 1. The van der Waals surface area contributed by atoms with Crippen LogP contribution in [0.25, 0.3) is 0 Å². The first-order chi connectivity index (χ1) is 9.25. The molecule has 2 rings (SSSR count). The summed E-state index contributed by atoms with van der Waals surface area (Å²) in [7, 11) is 0. The van der Waals surface area contributed by atoms with Crippen LogP contribution in [0.5, 0.6) is 11.5 Å². The summed E-state index contributed by atoms with van der Waals surface area (Å²) in [5, 5.41) is 0.615. The molecule has 0 radical (unpaired) electrons. The zero-order valence-corrected chi connectivity index (χ0v) is 11.3. The van der Waals surface area contributed by atoms with Gasteiger partial charge in [0.15, 0.2) is 0 Å². The van der Waals surface area contributed by atoms with Crippen molar-refractivity contribution in [2.24, 2.45) is 0 Å². The Kier molecular flexibility index (Phi) is 4.93. The smallest absolute Gasteiger partial charge is 0.143 e. The molecule has 4 heteroatoms. The van der Waals surface area contributed by atoms with E-state index in [0.29, 0.717) is 29.7 Å². The molecule has 0 amide bonds. The van der Waals surface area contributed by atoms with E-state index in [-0.39, 0.29) is 0 Å². The first kappa shape index (κ1) is 13.6. The highest BCUT2D eigenvalue weighted by Gasteiger charge is 2.01. The maximum Gasteiger partial charge on any atom is 0.143 e. The molecular formula is C15H16ClNO2. The molecule has 3 nitrogen and oxygen atoms in total. The summed E-state index contributed by atoms with van der Waals surface area (Å²) in [5.74, 6) is 1.48. The van der Waals surface area contributed by atoms with Crippen LogP contribution in [0.15, 0.2) is 48.5 Å². The summed E-state index contributed by atoms with van der Waals surface area (Å²) in [6.07, 6.45) is 0.779. The molecule has 0 aliphatic carbocycles. The molecular weight excluding hydrogens is 262 g/mol. The van der Waals surface area contributed by atoms with Gasteiger partial charge in [-0.2, -0.15) is 0 Å². The number of hydrogen-bond acceptors (Lipinski definition) is 3. The summed E-state index contributed by atoms with van der Waals surface area (Å²) in [5.41, 5.74) is 6.37. The number of halogens is 1. The highest BCUT2D eigenvalue weighted by atomic mass is 35.5. The molecule has 0 saturated carbocycles. The highest BCUT2D eigenvalue weighted by molar-refractivity contribution is 6.30. The number of benzene rings is 2. The van der Waals surface area contributed by atoms with Crippen molar-refractivity contribution in [2.75, 3.05) is 18.9 Å². The predicted octanol–water partition coefficient (Wildman–Crippen LogP) is 3.77. The van der Waals surface area contributed by atoms with Crippen LogP contribution in [0.3, 0.4) is 0 Å². The maximum absolute atomic E-state index is 5.88. The molecule has 0 atom stereocenters. The lowest BCUT2D eigenvalue weighted by Crippen LogP contribution is -2.06. The monoisotopic (exact) mass is 277 g/mol. The molecule has 2 N–H and O–H groups in total. The number of anilines is 1. The molecule has 0 aliphatic heterocycles. The average Bonchev–Trinajstić information content (AvgIpc) is 2.43. The van der Waals surface area contributed by atoms with Crippen molar-refractivity contribution in [3.8, 4) is 11.5 Å².